The second-order valence-corrected chi connectivity index (χ2v) is 12.8. The van der Waals surface area contributed by atoms with E-state index in [1.54, 1.807) is 13.8 Å². The van der Waals surface area contributed by atoms with Crippen LogP contribution in [-0.2, 0) is 28.6 Å². The summed E-state index contributed by atoms with van der Waals surface area (Å²) >= 11 is 0. The zero-order valence-corrected chi connectivity index (χ0v) is 27.5. The van der Waals surface area contributed by atoms with E-state index in [4.69, 9.17) is 14.2 Å². The number of carbonyl (C=O) groups is 3. The first kappa shape index (κ1) is 38.1. The predicted molar refractivity (Wildman–Crippen MR) is 169 cm³/mol. The summed E-state index contributed by atoms with van der Waals surface area (Å²) in [5.74, 6) is -1.32. The first-order chi connectivity index (χ1) is 20.1. The molecule has 1 saturated heterocycles. The number of unbranched alkanes of at least 4 members (excludes halogenated alkanes) is 12. The van der Waals surface area contributed by atoms with E-state index in [0.29, 0.717) is 32.6 Å². The van der Waals surface area contributed by atoms with Crippen LogP contribution in [0.15, 0.2) is 12.2 Å². The Labute approximate surface area is 256 Å². The average Bonchev–Trinajstić information content (AvgIpc) is 2.94. The maximum Gasteiger partial charge on any atom is 0.307 e. The zero-order valence-electron chi connectivity index (χ0n) is 27.5. The quantitative estimate of drug-likeness (QED) is 0.0699. The Kier molecular flexibility index (Phi) is 20.5. The van der Waals surface area contributed by atoms with Crippen LogP contribution in [0.1, 0.15) is 144 Å². The third kappa shape index (κ3) is 19.3. The number of amides is 2. The molecule has 1 rings (SSSR count). The van der Waals surface area contributed by atoms with Gasteiger partial charge in [0, 0.05) is 24.9 Å². The fourth-order valence-corrected chi connectivity index (χ4v) is 4.86. The van der Waals surface area contributed by atoms with E-state index in [1.807, 2.05) is 13.8 Å². The summed E-state index contributed by atoms with van der Waals surface area (Å²) in [4.78, 5) is 36.6. The van der Waals surface area contributed by atoms with Crippen molar-refractivity contribution in [3.63, 3.8) is 0 Å². The van der Waals surface area contributed by atoms with Crippen molar-refractivity contribution in [2.24, 2.45) is 5.41 Å². The molecule has 1 unspecified atom stereocenters. The summed E-state index contributed by atoms with van der Waals surface area (Å²) in [5, 5.41) is 5.73. The van der Waals surface area contributed by atoms with Gasteiger partial charge in [0.25, 0.3) is 0 Å². The molecule has 0 spiro atoms. The summed E-state index contributed by atoms with van der Waals surface area (Å²) in [6.45, 7) is 11.2. The Morgan fingerprint density at radius 2 is 1.38 bits per heavy atom. The molecule has 1 heterocycles. The lowest BCUT2D eigenvalue weighted by molar-refractivity contribution is -0.304. The molecule has 1 aliphatic rings. The van der Waals surface area contributed by atoms with Crippen LogP contribution in [0, 0.1) is 5.41 Å². The molecule has 8 nitrogen and oxygen atoms in total. The van der Waals surface area contributed by atoms with E-state index in [1.165, 1.54) is 70.6 Å². The van der Waals surface area contributed by atoms with E-state index in [2.05, 4.69) is 29.7 Å². The number of rotatable bonds is 24. The zero-order chi connectivity index (χ0) is 31.1. The summed E-state index contributed by atoms with van der Waals surface area (Å²) in [5.41, 5.74) is -0.459. The lowest BCUT2D eigenvalue weighted by atomic mass is 9.85. The van der Waals surface area contributed by atoms with Crippen molar-refractivity contribution >= 4 is 17.8 Å². The lowest BCUT2D eigenvalue weighted by Gasteiger charge is -2.44. The summed E-state index contributed by atoms with van der Waals surface area (Å²) in [6, 6.07) is 0. The molecule has 244 valence electrons. The van der Waals surface area contributed by atoms with E-state index >= 15 is 0 Å². The second-order valence-electron chi connectivity index (χ2n) is 12.8. The molecule has 0 aromatic carbocycles. The minimum absolute atomic E-state index is 0.0976. The van der Waals surface area contributed by atoms with Crippen molar-refractivity contribution in [2.75, 3.05) is 26.3 Å². The Bertz CT molecular complexity index is 780. The van der Waals surface area contributed by atoms with Gasteiger partial charge in [-0.15, -0.1) is 0 Å². The van der Waals surface area contributed by atoms with Crippen LogP contribution >= 0.6 is 0 Å². The number of ether oxygens (including phenoxy) is 3. The van der Waals surface area contributed by atoms with E-state index in [0.717, 1.165) is 19.3 Å². The summed E-state index contributed by atoms with van der Waals surface area (Å²) in [6.07, 6.45) is 22.4. The van der Waals surface area contributed by atoms with Crippen LogP contribution in [0.3, 0.4) is 0 Å². The van der Waals surface area contributed by atoms with Crippen LogP contribution in [0.2, 0.25) is 0 Å². The molecule has 1 atom stereocenters. The molecule has 2 amide bonds. The van der Waals surface area contributed by atoms with Gasteiger partial charge in [0.15, 0.2) is 5.79 Å². The molecule has 0 aromatic heterocycles. The third-order valence-electron chi connectivity index (χ3n) is 7.59. The Hall–Kier alpha value is -1.93. The van der Waals surface area contributed by atoms with Crippen LogP contribution in [0.4, 0.5) is 0 Å². The molecular weight excluding hydrogens is 532 g/mol. The van der Waals surface area contributed by atoms with Gasteiger partial charge < -0.3 is 24.8 Å². The number of hydrogen-bond acceptors (Lipinski definition) is 6. The molecule has 0 saturated carbocycles. The fraction of sp³-hybridized carbons (Fsp3) is 0.853. The number of esters is 1. The van der Waals surface area contributed by atoms with Crippen molar-refractivity contribution in [3.8, 4) is 0 Å². The van der Waals surface area contributed by atoms with Gasteiger partial charge in [0.2, 0.25) is 11.8 Å². The van der Waals surface area contributed by atoms with Gasteiger partial charge in [-0.25, -0.2) is 0 Å². The topological polar surface area (TPSA) is 103 Å². The van der Waals surface area contributed by atoms with Crippen LogP contribution in [0.25, 0.3) is 0 Å². The fourth-order valence-electron chi connectivity index (χ4n) is 4.86. The molecule has 2 N–H and O–H groups in total. The van der Waals surface area contributed by atoms with Gasteiger partial charge in [0.05, 0.1) is 19.6 Å². The lowest BCUT2D eigenvalue weighted by Crippen LogP contribution is -2.56. The molecule has 8 heteroatoms. The van der Waals surface area contributed by atoms with Crippen molar-refractivity contribution in [1.29, 1.82) is 0 Å². The summed E-state index contributed by atoms with van der Waals surface area (Å²) in [7, 11) is 0. The van der Waals surface area contributed by atoms with Crippen LogP contribution in [0.5, 0.6) is 0 Å². The average molecular weight is 595 g/mol. The maximum absolute atomic E-state index is 12.6. The SMILES string of the molecule is CCCCCCCCC=CCCCCCCCC(=O)NCCCCOC(=O)CCNC(=O)C1OC(C)(C)OCC1(C)C. The molecule has 42 heavy (non-hydrogen) atoms. The van der Waals surface area contributed by atoms with Crippen molar-refractivity contribution in [1.82, 2.24) is 10.6 Å². The highest BCUT2D eigenvalue weighted by atomic mass is 16.7. The first-order valence-electron chi connectivity index (χ1n) is 16.7. The monoisotopic (exact) mass is 594 g/mol. The van der Waals surface area contributed by atoms with Gasteiger partial charge in [0.1, 0.15) is 6.10 Å². The molecule has 0 aromatic rings. The van der Waals surface area contributed by atoms with Gasteiger partial charge >= 0.3 is 5.97 Å². The molecule has 1 fully saturated rings. The predicted octanol–water partition coefficient (Wildman–Crippen LogP) is 7.15. The molecule has 0 aliphatic carbocycles. The van der Waals surface area contributed by atoms with Crippen molar-refractivity contribution in [2.45, 2.75) is 156 Å². The van der Waals surface area contributed by atoms with E-state index in [9.17, 15) is 14.4 Å². The second kappa shape index (κ2) is 22.6. The van der Waals surface area contributed by atoms with Crippen LogP contribution < -0.4 is 10.6 Å². The largest absolute Gasteiger partial charge is 0.466 e. The Morgan fingerprint density at radius 3 is 2.05 bits per heavy atom. The Balaban J connectivity index is 1.91. The first-order valence-corrected chi connectivity index (χ1v) is 16.7. The minimum atomic E-state index is -0.820. The third-order valence-corrected chi connectivity index (χ3v) is 7.59. The standard InChI is InChI=1S/C34H62N2O6/c1-6-7-8-9-10-11-12-13-14-15-16-17-18-19-20-23-29(37)35-25-21-22-27-40-30(38)24-26-36-32(39)31-33(2,3)28-41-34(4,5)42-31/h13-14,31H,6-12,15-28H2,1-5H3,(H,35,37)(H,36,39). The highest BCUT2D eigenvalue weighted by molar-refractivity contribution is 5.82. The van der Waals surface area contributed by atoms with Gasteiger partial charge in [-0.2, -0.15) is 0 Å². The molecular formula is C34H62N2O6. The highest BCUT2D eigenvalue weighted by Crippen LogP contribution is 2.34. The van der Waals surface area contributed by atoms with Gasteiger partial charge in [-0.3, -0.25) is 14.4 Å². The number of allylic oxidation sites excluding steroid dienone is 2. The van der Waals surface area contributed by atoms with Crippen LogP contribution in [-0.4, -0.2) is 56.0 Å². The molecule has 1 aliphatic heterocycles. The van der Waals surface area contributed by atoms with Gasteiger partial charge in [-0.05, 0) is 58.8 Å². The Morgan fingerprint density at radius 1 is 0.762 bits per heavy atom. The molecule has 0 bridgehead atoms. The van der Waals surface area contributed by atoms with E-state index in [-0.39, 0.29) is 30.7 Å². The summed E-state index contributed by atoms with van der Waals surface area (Å²) < 4.78 is 16.7. The number of hydrogen-bond donors (Lipinski definition) is 2. The molecule has 0 radical (unpaired) electrons. The van der Waals surface area contributed by atoms with Crippen molar-refractivity contribution in [3.05, 3.63) is 12.2 Å². The smallest absolute Gasteiger partial charge is 0.307 e. The van der Waals surface area contributed by atoms with Crippen molar-refractivity contribution < 1.29 is 28.6 Å². The normalized spacial score (nSPS) is 17.7. The number of nitrogens with one attached hydrogen (secondary N) is 2. The van der Waals surface area contributed by atoms with Gasteiger partial charge in [-0.1, -0.05) is 84.3 Å². The highest BCUT2D eigenvalue weighted by Gasteiger charge is 2.45. The maximum atomic E-state index is 12.6. The van der Waals surface area contributed by atoms with E-state index < -0.39 is 17.3 Å². The number of carbonyl (C=O) groups excluding carboxylic acids is 3. The minimum Gasteiger partial charge on any atom is -0.466 e.